The lowest BCUT2D eigenvalue weighted by Crippen LogP contribution is -2.41. The summed E-state index contributed by atoms with van der Waals surface area (Å²) in [4.78, 5) is 19.8. The van der Waals surface area contributed by atoms with Gasteiger partial charge < -0.3 is 24.3 Å². The maximum atomic E-state index is 17.0. The molecule has 0 fully saturated rings. The number of amides is 1. The summed E-state index contributed by atoms with van der Waals surface area (Å²) in [5.74, 6) is -1.86. The fourth-order valence-electron chi connectivity index (χ4n) is 6.24. The van der Waals surface area contributed by atoms with Gasteiger partial charge in [0, 0.05) is 18.2 Å². The number of ether oxygens (including phenoxy) is 2. The SMILES string of the molecule is COc1ccc(C2C3=C(CC(C)(C)CS3(=O)=O)Nc3c(O)cccc3N2C(=O)c2nc(C)oc2C)c(F)c1OCc1ccccc1. The van der Waals surface area contributed by atoms with Crippen molar-refractivity contribution in [2.45, 2.75) is 46.8 Å². The van der Waals surface area contributed by atoms with Gasteiger partial charge in [0.25, 0.3) is 5.91 Å². The Hall–Kier alpha value is -4.84. The number of carbonyl (C=O) groups excluding carboxylic acids is 1. The van der Waals surface area contributed by atoms with E-state index in [0.717, 1.165) is 10.5 Å². The smallest absolute Gasteiger partial charge is 0.281 e. The van der Waals surface area contributed by atoms with Crippen molar-refractivity contribution in [3.63, 3.8) is 0 Å². The standard InChI is InChI=1S/C34H34FN3O7S/c1-19-28(36-20(2)45-19)33(40)38-24-12-9-13-25(39)29(24)37-23-16-34(3,4)18-46(41,42)32(23)30(38)22-14-15-26(43-5)31(27(22)35)44-17-21-10-7-6-8-11-21/h6-15,30,37,39H,16-18H2,1-5H3. The van der Waals surface area contributed by atoms with E-state index in [1.54, 1.807) is 19.9 Å². The van der Waals surface area contributed by atoms with Crippen molar-refractivity contribution in [2.24, 2.45) is 5.41 Å². The number of rotatable bonds is 6. The van der Waals surface area contributed by atoms with Crippen molar-refractivity contribution in [3.8, 4) is 17.2 Å². The number of allylic oxidation sites excluding steroid dienone is 1. The number of phenols is 1. The number of nitrogens with one attached hydrogen (secondary N) is 1. The van der Waals surface area contributed by atoms with Crippen molar-refractivity contribution >= 4 is 27.1 Å². The average molecular weight is 648 g/mol. The van der Waals surface area contributed by atoms with Crippen LogP contribution in [0.5, 0.6) is 17.2 Å². The van der Waals surface area contributed by atoms with Crippen LogP contribution < -0.4 is 19.7 Å². The van der Waals surface area contributed by atoms with E-state index in [1.807, 2.05) is 44.2 Å². The second-order valence-electron chi connectivity index (χ2n) is 12.2. The number of aryl methyl sites for hydroxylation is 2. The number of fused-ring (bicyclic) bond motifs is 1. The number of phenolic OH excluding ortho intramolecular Hbond substituents is 1. The van der Waals surface area contributed by atoms with Crippen LogP contribution in [0.25, 0.3) is 0 Å². The first-order valence-electron chi connectivity index (χ1n) is 14.7. The third-order valence-electron chi connectivity index (χ3n) is 8.09. The average Bonchev–Trinajstić information content (AvgIpc) is 3.25. The van der Waals surface area contributed by atoms with E-state index in [0.29, 0.717) is 0 Å². The lowest BCUT2D eigenvalue weighted by Gasteiger charge is -2.37. The van der Waals surface area contributed by atoms with Crippen LogP contribution in [0.4, 0.5) is 15.8 Å². The number of hydrogen-bond donors (Lipinski definition) is 2. The van der Waals surface area contributed by atoms with Gasteiger partial charge in [0.1, 0.15) is 29.8 Å². The second kappa shape index (κ2) is 11.5. The first-order chi connectivity index (χ1) is 21.8. The Bertz CT molecular complexity index is 1990. The quantitative estimate of drug-likeness (QED) is 0.223. The predicted octanol–water partition coefficient (Wildman–Crippen LogP) is 6.59. The number of aromatic nitrogens is 1. The molecule has 2 aliphatic rings. The van der Waals surface area contributed by atoms with Crippen molar-refractivity contribution in [3.05, 3.63) is 106 Å². The molecule has 0 aliphatic carbocycles. The third-order valence-corrected chi connectivity index (χ3v) is 10.4. The van der Waals surface area contributed by atoms with Gasteiger partial charge in [-0.2, -0.15) is 0 Å². The number of carbonyl (C=O) groups is 1. The summed E-state index contributed by atoms with van der Waals surface area (Å²) in [5, 5.41) is 14.2. The van der Waals surface area contributed by atoms with E-state index in [2.05, 4.69) is 10.3 Å². The largest absolute Gasteiger partial charge is 0.506 e. The van der Waals surface area contributed by atoms with Crippen molar-refractivity contribution in [2.75, 3.05) is 23.1 Å². The Labute approximate surface area is 266 Å². The van der Waals surface area contributed by atoms with Crippen LogP contribution in [0, 0.1) is 25.1 Å². The zero-order chi connectivity index (χ0) is 33.0. The van der Waals surface area contributed by atoms with E-state index < -0.39 is 33.0 Å². The van der Waals surface area contributed by atoms with Gasteiger partial charge in [0.05, 0.1) is 23.5 Å². The molecule has 2 N–H and O–H groups in total. The molecule has 3 heterocycles. The van der Waals surface area contributed by atoms with Gasteiger partial charge in [0.2, 0.25) is 0 Å². The Morgan fingerprint density at radius 3 is 2.54 bits per heavy atom. The minimum absolute atomic E-state index is 0.000984. The lowest BCUT2D eigenvalue weighted by molar-refractivity contribution is 0.0974. The van der Waals surface area contributed by atoms with Crippen LogP contribution >= 0.6 is 0 Å². The van der Waals surface area contributed by atoms with E-state index in [9.17, 15) is 18.3 Å². The molecule has 240 valence electrons. The summed E-state index contributed by atoms with van der Waals surface area (Å²) in [6, 6.07) is 15.0. The number of para-hydroxylation sites is 1. The summed E-state index contributed by atoms with van der Waals surface area (Å²) in [6.07, 6.45) is 0.241. The molecule has 10 nitrogen and oxygen atoms in total. The maximum absolute atomic E-state index is 17.0. The van der Waals surface area contributed by atoms with Crippen molar-refractivity contribution in [1.29, 1.82) is 0 Å². The Balaban J connectivity index is 1.65. The number of nitrogens with zero attached hydrogens (tertiary/aromatic N) is 2. The molecule has 46 heavy (non-hydrogen) atoms. The molecule has 0 saturated heterocycles. The molecule has 12 heteroatoms. The van der Waals surface area contributed by atoms with Crippen LogP contribution in [0.3, 0.4) is 0 Å². The number of aromatic hydroxyl groups is 1. The monoisotopic (exact) mass is 647 g/mol. The van der Waals surface area contributed by atoms with Crippen LogP contribution in [0.2, 0.25) is 0 Å². The first kappa shape index (κ1) is 31.2. The fraction of sp³-hybridized carbons (Fsp3) is 0.294. The molecule has 0 bridgehead atoms. The van der Waals surface area contributed by atoms with E-state index in [-0.39, 0.29) is 80.9 Å². The second-order valence-corrected chi connectivity index (χ2v) is 14.2. The molecule has 6 rings (SSSR count). The third kappa shape index (κ3) is 5.46. The maximum Gasteiger partial charge on any atom is 0.281 e. The molecule has 1 unspecified atom stereocenters. The molecule has 1 atom stereocenters. The highest BCUT2D eigenvalue weighted by Crippen LogP contribution is 2.53. The number of halogens is 1. The highest BCUT2D eigenvalue weighted by atomic mass is 32.2. The molecule has 2 aliphatic heterocycles. The van der Waals surface area contributed by atoms with Gasteiger partial charge in [-0.15, -0.1) is 0 Å². The zero-order valence-corrected chi connectivity index (χ0v) is 26.9. The normalized spacial score (nSPS) is 18.2. The molecule has 0 saturated carbocycles. The summed E-state index contributed by atoms with van der Waals surface area (Å²) < 4.78 is 62.6. The molecule has 1 amide bonds. The zero-order valence-electron chi connectivity index (χ0n) is 26.0. The molecule has 0 radical (unpaired) electrons. The minimum atomic E-state index is -4.14. The molecule has 0 spiro atoms. The number of oxazole rings is 1. The van der Waals surface area contributed by atoms with E-state index in [1.165, 1.54) is 31.4 Å². The summed E-state index contributed by atoms with van der Waals surface area (Å²) in [5.41, 5.74) is 0.307. The number of anilines is 2. The summed E-state index contributed by atoms with van der Waals surface area (Å²) in [6.45, 7) is 6.78. The van der Waals surface area contributed by atoms with E-state index in [4.69, 9.17) is 13.9 Å². The van der Waals surface area contributed by atoms with Gasteiger partial charge in [-0.25, -0.2) is 17.8 Å². The Kier molecular flexibility index (Phi) is 7.79. The van der Waals surface area contributed by atoms with Crippen LogP contribution in [-0.4, -0.2) is 37.3 Å². The van der Waals surface area contributed by atoms with Gasteiger partial charge in [-0.3, -0.25) is 9.69 Å². The lowest BCUT2D eigenvalue weighted by atomic mass is 9.88. The molecule has 1 aromatic heterocycles. The van der Waals surface area contributed by atoms with Crippen LogP contribution in [-0.2, 0) is 16.4 Å². The molecular formula is C34H34FN3O7S. The summed E-state index contributed by atoms with van der Waals surface area (Å²) in [7, 11) is -2.76. The summed E-state index contributed by atoms with van der Waals surface area (Å²) >= 11 is 0. The van der Waals surface area contributed by atoms with Gasteiger partial charge in [-0.05, 0) is 48.6 Å². The van der Waals surface area contributed by atoms with E-state index >= 15 is 4.39 Å². The molecular weight excluding hydrogens is 613 g/mol. The first-order valence-corrected chi connectivity index (χ1v) is 16.3. The minimum Gasteiger partial charge on any atom is -0.506 e. The van der Waals surface area contributed by atoms with Crippen LogP contribution in [0.1, 0.15) is 59.6 Å². The number of methoxy groups -OCH3 is 1. The Morgan fingerprint density at radius 2 is 1.87 bits per heavy atom. The van der Waals surface area contributed by atoms with Crippen molar-refractivity contribution in [1.82, 2.24) is 4.98 Å². The number of benzene rings is 3. The number of sulfone groups is 1. The Morgan fingerprint density at radius 1 is 1.13 bits per heavy atom. The van der Waals surface area contributed by atoms with Gasteiger partial charge >= 0.3 is 0 Å². The van der Waals surface area contributed by atoms with Gasteiger partial charge in [0.15, 0.2) is 38.7 Å². The fourth-order valence-corrected chi connectivity index (χ4v) is 8.60. The molecule has 4 aromatic rings. The topological polar surface area (TPSA) is 131 Å². The van der Waals surface area contributed by atoms with Gasteiger partial charge in [-0.1, -0.05) is 50.2 Å². The highest BCUT2D eigenvalue weighted by Gasteiger charge is 2.49. The molecule has 3 aromatic carbocycles. The number of hydrogen-bond acceptors (Lipinski definition) is 9. The van der Waals surface area contributed by atoms with Crippen molar-refractivity contribution < 1.29 is 36.6 Å². The predicted molar refractivity (Wildman–Crippen MR) is 170 cm³/mol. The van der Waals surface area contributed by atoms with Crippen LogP contribution in [0.15, 0.2) is 75.7 Å². The highest BCUT2D eigenvalue weighted by molar-refractivity contribution is 7.95.